The van der Waals surface area contributed by atoms with Crippen LogP contribution in [0.25, 0.3) is 0 Å². The van der Waals surface area contributed by atoms with Gasteiger partial charge in [0.1, 0.15) is 5.75 Å². The van der Waals surface area contributed by atoms with Gasteiger partial charge in [-0.2, -0.15) is 0 Å². The number of carbonyl (C=O) groups is 1. The van der Waals surface area contributed by atoms with Gasteiger partial charge in [-0.05, 0) is 36.8 Å². The Morgan fingerprint density at radius 3 is 2.32 bits per heavy atom. The molecule has 0 aliphatic rings. The Hall–Kier alpha value is -2.69. The number of benzene rings is 2. The number of methoxy groups -OCH3 is 2. The van der Waals surface area contributed by atoms with E-state index in [9.17, 15) is 4.79 Å². The van der Waals surface area contributed by atoms with E-state index in [0.717, 1.165) is 17.0 Å². The summed E-state index contributed by atoms with van der Waals surface area (Å²) in [5.74, 6) is 2.49. The van der Waals surface area contributed by atoms with Crippen molar-refractivity contribution in [3.63, 3.8) is 0 Å². The molecule has 2 rings (SSSR count). The number of guanidine groups is 1. The fourth-order valence-corrected chi connectivity index (χ4v) is 2.52. The molecule has 170 valence electrons. The lowest BCUT2D eigenvalue weighted by molar-refractivity contribution is -0.127. The number of ether oxygens (including phenoxy) is 3. The highest BCUT2D eigenvalue weighted by Gasteiger charge is 2.09. The number of hydrogen-bond acceptors (Lipinski definition) is 5. The maximum absolute atomic E-state index is 12.0. The molecular formula is C22H31IN4O4. The van der Waals surface area contributed by atoms with Gasteiger partial charge in [0.15, 0.2) is 17.5 Å². The number of likely N-dealkylation sites (N-methyl/N-ethyl adjacent to an activating group) is 1. The first-order valence-corrected chi connectivity index (χ1v) is 9.66. The van der Waals surface area contributed by atoms with Gasteiger partial charge in [0.25, 0.3) is 0 Å². The predicted molar refractivity (Wildman–Crippen MR) is 134 cm³/mol. The largest absolute Gasteiger partial charge is 0.497 e. The zero-order valence-corrected chi connectivity index (χ0v) is 20.9. The van der Waals surface area contributed by atoms with Gasteiger partial charge in [-0.15, -0.1) is 24.0 Å². The van der Waals surface area contributed by atoms with Crippen molar-refractivity contribution in [3.8, 4) is 17.2 Å². The van der Waals surface area contributed by atoms with E-state index >= 15 is 0 Å². The molecule has 0 aliphatic heterocycles. The molecule has 0 saturated carbocycles. The van der Waals surface area contributed by atoms with E-state index in [1.165, 1.54) is 4.90 Å². The van der Waals surface area contributed by atoms with Crippen molar-refractivity contribution in [3.05, 3.63) is 48.0 Å². The molecule has 0 heterocycles. The van der Waals surface area contributed by atoms with Crippen LogP contribution in [0.1, 0.15) is 12.5 Å². The number of nitrogens with zero attached hydrogens (tertiary/aromatic N) is 2. The van der Waals surface area contributed by atoms with Gasteiger partial charge in [-0.1, -0.05) is 12.1 Å². The zero-order chi connectivity index (χ0) is 21.9. The molecule has 8 nitrogen and oxygen atoms in total. The molecule has 0 aliphatic carbocycles. The van der Waals surface area contributed by atoms with Gasteiger partial charge in [0.05, 0.1) is 33.9 Å². The number of rotatable bonds is 9. The van der Waals surface area contributed by atoms with E-state index in [2.05, 4.69) is 15.6 Å². The van der Waals surface area contributed by atoms with E-state index in [4.69, 9.17) is 14.2 Å². The number of amides is 1. The Labute approximate surface area is 201 Å². The Bertz CT molecular complexity index is 857. The molecule has 0 spiro atoms. The molecule has 0 radical (unpaired) electrons. The predicted octanol–water partition coefficient (Wildman–Crippen LogP) is 3.37. The minimum absolute atomic E-state index is 0. The lowest BCUT2D eigenvalue weighted by Crippen LogP contribution is -2.39. The molecule has 0 bridgehead atoms. The average Bonchev–Trinajstić information content (AvgIpc) is 2.76. The van der Waals surface area contributed by atoms with Crippen LogP contribution in [0.15, 0.2) is 47.5 Å². The van der Waals surface area contributed by atoms with Crippen molar-refractivity contribution in [1.29, 1.82) is 0 Å². The molecule has 0 unspecified atom stereocenters. The van der Waals surface area contributed by atoms with E-state index in [-0.39, 0.29) is 36.4 Å². The first-order chi connectivity index (χ1) is 14.5. The van der Waals surface area contributed by atoms with Crippen molar-refractivity contribution < 1.29 is 19.0 Å². The quantitative estimate of drug-likeness (QED) is 0.287. The Morgan fingerprint density at radius 1 is 1.03 bits per heavy atom. The topological polar surface area (TPSA) is 84.4 Å². The van der Waals surface area contributed by atoms with Crippen LogP contribution < -0.4 is 24.8 Å². The molecule has 0 atom stereocenters. The maximum atomic E-state index is 12.0. The van der Waals surface area contributed by atoms with Crippen LogP contribution >= 0.6 is 24.0 Å². The molecule has 2 N–H and O–H groups in total. The highest BCUT2D eigenvalue weighted by atomic mass is 127. The first-order valence-electron chi connectivity index (χ1n) is 9.66. The van der Waals surface area contributed by atoms with Crippen LogP contribution in [0, 0.1) is 0 Å². The van der Waals surface area contributed by atoms with Gasteiger partial charge in [-0.3, -0.25) is 4.79 Å². The molecule has 0 fully saturated rings. The van der Waals surface area contributed by atoms with Crippen molar-refractivity contribution in [2.75, 3.05) is 46.8 Å². The third-order valence-electron chi connectivity index (χ3n) is 4.21. The SMILES string of the molecule is CCOc1cc(NC(=NCc2ccc(OC)cc2)NCC(=O)N(C)C)ccc1OC.I. The number of aliphatic imine (C=N–C) groups is 1. The van der Waals surface area contributed by atoms with Crippen LogP contribution in [0.2, 0.25) is 0 Å². The summed E-state index contributed by atoms with van der Waals surface area (Å²) in [7, 11) is 6.65. The molecule has 1 amide bonds. The van der Waals surface area contributed by atoms with Crippen molar-refractivity contribution >= 4 is 41.5 Å². The second-order valence-electron chi connectivity index (χ2n) is 6.58. The van der Waals surface area contributed by atoms with Gasteiger partial charge in [0.2, 0.25) is 5.91 Å². The third-order valence-corrected chi connectivity index (χ3v) is 4.21. The van der Waals surface area contributed by atoms with E-state index in [1.54, 1.807) is 28.3 Å². The number of nitrogens with one attached hydrogen (secondary N) is 2. The normalized spacial score (nSPS) is 10.5. The Balaban J connectivity index is 0.00000480. The van der Waals surface area contributed by atoms with Crippen LogP contribution in [0.4, 0.5) is 5.69 Å². The molecule has 31 heavy (non-hydrogen) atoms. The fraction of sp³-hybridized carbons (Fsp3) is 0.364. The average molecular weight is 542 g/mol. The van der Waals surface area contributed by atoms with E-state index in [0.29, 0.717) is 30.6 Å². The Kier molecular flexibility index (Phi) is 11.5. The molecule has 9 heteroatoms. The molecular weight excluding hydrogens is 511 g/mol. The monoisotopic (exact) mass is 542 g/mol. The van der Waals surface area contributed by atoms with Crippen molar-refractivity contribution in [1.82, 2.24) is 10.2 Å². The summed E-state index contributed by atoms with van der Waals surface area (Å²) in [6, 6.07) is 13.2. The second-order valence-corrected chi connectivity index (χ2v) is 6.58. The molecule has 0 aromatic heterocycles. The van der Waals surface area contributed by atoms with Gasteiger partial charge in [0, 0.05) is 25.8 Å². The van der Waals surface area contributed by atoms with E-state index < -0.39 is 0 Å². The number of anilines is 1. The Morgan fingerprint density at radius 2 is 1.74 bits per heavy atom. The number of hydrogen-bond donors (Lipinski definition) is 2. The summed E-state index contributed by atoms with van der Waals surface area (Å²) in [5.41, 5.74) is 1.78. The van der Waals surface area contributed by atoms with Gasteiger partial charge in [-0.25, -0.2) is 4.99 Å². The summed E-state index contributed by atoms with van der Waals surface area (Å²) >= 11 is 0. The summed E-state index contributed by atoms with van der Waals surface area (Å²) in [4.78, 5) is 18.1. The minimum Gasteiger partial charge on any atom is -0.497 e. The smallest absolute Gasteiger partial charge is 0.241 e. The summed E-state index contributed by atoms with van der Waals surface area (Å²) in [5, 5.41) is 6.30. The summed E-state index contributed by atoms with van der Waals surface area (Å²) < 4.78 is 16.1. The van der Waals surface area contributed by atoms with Crippen molar-refractivity contribution in [2.24, 2.45) is 4.99 Å². The molecule has 0 saturated heterocycles. The standard InChI is InChI=1S/C22H30N4O4.HI/c1-6-30-20-13-17(9-12-19(20)29-5)25-22(24-15-21(27)26(2)3)23-14-16-7-10-18(28-4)11-8-16;/h7-13H,6,14-15H2,1-5H3,(H2,23,24,25);1H. The van der Waals surface area contributed by atoms with E-state index in [1.807, 2.05) is 49.4 Å². The summed E-state index contributed by atoms with van der Waals surface area (Å²) in [6.45, 7) is 2.99. The van der Waals surface area contributed by atoms with Gasteiger partial charge >= 0.3 is 0 Å². The van der Waals surface area contributed by atoms with Crippen LogP contribution in [0.5, 0.6) is 17.2 Å². The molecule has 2 aromatic rings. The minimum atomic E-state index is -0.0568. The van der Waals surface area contributed by atoms with Crippen LogP contribution in [-0.2, 0) is 11.3 Å². The summed E-state index contributed by atoms with van der Waals surface area (Å²) in [6.07, 6.45) is 0. The fourth-order valence-electron chi connectivity index (χ4n) is 2.52. The molecule has 2 aromatic carbocycles. The van der Waals surface area contributed by atoms with Gasteiger partial charge < -0.3 is 29.7 Å². The second kappa shape index (κ2) is 13.6. The maximum Gasteiger partial charge on any atom is 0.241 e. The first kappa shape index (κ1) is 26.3. The van der Waals surface area contributed by atoms with Crippen molar-refractivity contribution in [2.45, 2.75) is 13.5 Å². The lowest BCUT2D eigenvalue weighted by Gasteiger charge is -2.16. The zero-order valence-electron chi connectivity index (χ0n) is 18.6. The number of halogens is 1. The third kappa shape index (κ3) is 8.52. The highest BCUT2D eigenvalue weighted by molar-refractivity contribution is 14.0. The number of carbonyl (C=O) groups excluding carboxylic acids is 1. The van der Waals surface area contributed by atoms with Crippen LogP contribution in [-0.4, -0.2) is 58.2 Å². The lowest BCUT2D eigenvalue weighted by atomic mass is 10.2. The highest BCUT2D eigenvalue weighted by Crippen LogP contribution is 2.30. The van der Waals surface area contributed by atoms with Crippen LogP contribution in [0.3, 0.4) is 0 Å².